The summed E-state index contributed by atoms with van der Waals surface area (Å²) in [4.78, 5) is 12.0. The van der Waals surface area contributed by atoms with Crippen molar-refractivity contribution in [1.29, 1.82) is 0 Å². The van der Waals surface area contributed by atoms with Crippen LogP contribution in [0.2, 0.25) is 0 Å². The lowest BCUT2D eigenvalue weighted by atomic mass is 10.4. The van der Waals surface area contributed by atoms with Crippen LogP contribution in [0.4, 0.5) is 5.13 Å². The minimum atomic E-state index is -0.294. The maximum absolute atomic E-state index is 12.0. The fourth-order valence-corrected chi connectivity index (χ4v) is 2.23. The Morgan fingerprint density at radius 3 is 2.75 bits per heavy atom. The zero-order valence-electron chi connectivity index (χ0n) is 11.8. The highest BCUT2D eigenvalue weighted by atomic mass is 32.1. The minimum absolute atomic E-state index is 0.140. The highest BCUT2D eigenvalue weighted by Crippen LogP contribution is 2.23. The van der Waals surface area contributed by atoms with Gasteiger partial charge in [-0.2, -0.15) is 5.10 Å². The molecule has 0 fully saturated rings. The van der Waals surface area contributed by atoms with Gasteiger partial charge in [0, 0.05) is 19.3 Å². The molecule has 1 amide bonds. The molecule has 0 aromatic carbocycles. The van der Waals surface area contributed by atoms with Gasteiger partial charge in [-0.05, 0) is 26.8 Å². The molecule has 0 saturated carbocycles. The first-order chi connectivity index (χ1) is 9.51. The quantitative estimate of drug-likeness (QED) is 0.915. The van der Waals surface area contributed by atoms with Gasteiger partial charge in [0.1, 0.15) is 11.1 Å². The predicted molar refractivity (Wildman–Crippen MR) is 75.9 cm³/mol. The second-order valence-electron chi connectivity index (χ2n) is 4.55. The van der Waals surface area contributed by atoms with Crippen molar-refractivity contribution in [3.8, 4) is 0 Å². The summed E-state index contributed by atoms with van der Waals surface area (Å²) < 4.78 is 6.88. The maximum atomic E-state index is 12.0. The number of nitrogens with zero attached hydrogens (tertiary/aromatic N) is 4. The van der Waals surface area contributed by atoms with Gasteiger partial charge in [0.05, 0.1) is 0 Å². The third kappa shape index (κ3) is 3.20. The molecule has 0 spiro atoms. The molecule has 2 aromatic heterocycles. The smallest absolute Gasteiger partial charge is 0.277 e. The number of ether oxygens (including phenoxy) is 1. The van der Waals surface area contributed by atoms with Gasteiger partial charge >= 0.3 is 0 Å². The summed E-state index contributed by atoms with van der Waals surface area (Å²) in [5, 5.41) is 15.9. The van der Waals surface area contributed by atoms with Crippen LogP contribution in [0.15, 0.2) is 12.3 Å². The summed E-state index contributed by atoms with van der Waals surface area (Å²) in [6.45, 7) is 5.87. The third-order valence-electron chi connectivity index (χ3n) is 2.73. The van der Waals surface area contributed by atoms with E-state index in [1.54, 1.807) is 24.1 Å². The van der Waals surface area contributed by atoms with Crippen molar-refractivity contribution >= 4 is 22.4 Å². The molecule has 8 heteroatoms. The van der Waals surface area contributed by atoms with E-state index in [0.29, 0.717) is 10.8 Å². The van der Waals surface area contributed by atoms with Crippen molar-refractivity contribution in [1.82, 2.24) is 20.0 Å². The van der Waals surface area contributed by atoms with Crippen molar-refractivity contribution in [3.63, 3.8) is 0 Å². The lowest BCUT2D eigenvalue weighted by Crippen LogP contribution is -2.13. The Bertz CT molecular complexity index is 592. The number of carbonyl (C=O) groups excluding carboxylic acids is 1. The Morgan fingerprint density at radius 2 is 2.15 bits per heavy atom. The van der Waals surface area contributed by atoms with E-state index in [0.717, 1.165) is 5.01 Å². The van der Waals surface area contributed by atoms with Crippen molar-refractivity contribution in [3.05, 3.63) is 23.0 Å². The summed E-state index contributed by atoms with van der Waals surface area (Å²) in [7, 11) is 1.60. The first kappa shape index (κ1) is 14.6. The molecule has 2 heterocycles. The second-order valence-corrected chi connectivity index (χ2v) is 5.56. The molecule has 0 aliphatic heterocycles. The first-order valence-corrected chi connectivity index (χ1v) is 7.05. The Morgan fingerprint density at radius 1 is 1.40 bits per heavy atom. The molecule has 2 rings (SSSR count). The summed E-state index contributed by atoms with van der Waals surface area (Å²) in [6.07, 6.45) is 1.64. The fourth-order valence-electron chi connectivity index (χ4n) is 1.46. The van der Waals surface area contributed by atoms with Crippen LogP contribution in [0.1, 0.15) is 48.4 Å². The van der Waals surface area contributed by atoms with E-state index in [4.69, 9.17) is 4.74 Å². The Kier molecular flexibility index (Phi) is 4.46. The van der Waals surface area contributed by atoms with Gasteiger partial charge < -0.3 is 4.74 Å². The number of carbonyl (C=O) groups is 1. The molecular weight excluding hydrogens is 278 g/mol. The largest absolute Gasteiger partial charge is 0.374 e. The Labute approximate surface area is 121 Å². The number of nitrogens with one attached hydrogen (secondary N) is 1. The van der Waals surface area contributed by atoms with Crippen molar-refractivity contribution in [2.75, 3.05) is 12.4 Å². The number of hydrogen-bond donors (Lipinski definition) is 1. The molecule has 0 radical (unpaired) electrons. The van der Waals surface area contributed by atoms with E-state index in [9.17, 15) is 4.79 Å². The van der Waals surface area contributed by atoms with Crippen LogP contribution < -0.4 is 5.32 Å². The van der Waals surface area contributed by atoms with Crippen molar-refractivity contribution in [2.45, 2.75) is 32.9 Å². The summed E-state index contributed by atoms with van der Waals surface area (Å²) >= 11 is 1.29. The number of amides is 1. The molecule has 108 valence electrons. The predicted octanol–water partition coefficient (Wildman–Crippen LogP) is 2.28. The van der Waals surface area contributed by atoms with Gasteiger partial charge in [0.25, 0.3) is 5.91 Å². The lowest BCUT2D eigenvalue weighted by molar-refractivity contribution is 0.102. The van der Waals surface area contributed by atoms with Gasteiger partial charge in [-0.3, -0.25) is 14.8 Å². The second kappa shape index (κ2) is 6.10. The molecule has 0 aliphatic rings. The lowest BCUT2D eigenvalue weighted by Gasteiger charge is -2.03. The van der Waals surface area contributed by atoms with E-state index in [2.05, 4.69) is 20.6 Å². The normalized spacial score (nSPS) is 12.7. The molecule has 1 N–H and O–H groups in total. The summed E-state index contributed by atoms with van der Waals surface area (Å²) in [5.74, 6) is -0.294. The highest BCUT2D eigenvalue weighted by molar-refractivity contribution is 7.15. The molecule has 1 unspecified atom stereocenters. The van der Waals surface area contributed by atoms with E-state index in [-0.39, 0.29) is 18.1 Å². The number of rotatable bonds is 5. The van der Waals surface area contributed by atoms with E-state index in [1.807, 2.05) is 20.8 Å². The maximum Gasteiger partial charge on any atom is 0.277 e. The van der Waals surface area contributed by atoms with Crippen molar-refractivity contribution < 1.29 is 9.53 Å². The van der Waals surface area contributed by atoms with Crippen LogP contribution in [0.5, 0.6) is 0 Å². The minimum Gasteiger partial charge on any atom is -0.374 e. The third-order valence-corrected chi connectivity index (χ3v) is 3.73. The molecular formula is C12H17N5O2S. The average molecular weight is 295 g/mol. The molecule has 0 aliphatic carbocycles. The number of methoxy groups -OCH3 is 1. The van der Waals surface area contributed by atoms with Gasteiger partial charge in [0.15, 0.2) is 5.69 Å². The van der Waals surface area contributed by atoms with Gasteiger partial charge in [-0.15, -0.1) is 10.2 Å². The molecule has 0 bridgehead atoms. The fraction of sp³-hybridized carbons (Fsp3) is 0.500. The Balaban J connectivity index is 2.05. The van der Waals surface area contributed by atoms with Crippen LogP contribution in [0.25, 0.3) is 0 Å². The zero-order chi connectivity index (χ0) is 14.7. The van der Waals surface area contributed by atoms with Crippen molar-refractivity contribution in [2.24, 2.45) is 0 Å². The van der Waals surface area contributed by atoms with Gasteiger partial charge in [-0.1, -0.05) is 11.3 Å². The SMILES string of the molecule is COC(C)c1nnc(NC(=O)c2ccn(C(C)C)n2)s1. The molecule has 1 atom stereocenters. The number of aromatic nitrogens is 4. The zero-order valence-corrected chi connectivity index (χ0v) is 12.6. The average Bonchev–Trinajstić information content (AvgIpc) is 3.06. The molecule has 2 aromatic rings. The summed E-state index contributed by atoms with van der Waals surface area (Å²) in [5.41, 5.74) is 0.357. The van der Waals surface area contributed by atoms with Crippen LogP contribution in [0, 0.1) is 0 Å². The summed E-state index contributed by atoms with van der Waals surface area (Å²) in [6, 6.07) is 1.89. The van der Waals surface area contributed by atoms with E-state index in [1.165, 1.54) is 11.3 Å². The molecule has 20 heavy (non-hydrogen) atoms. The van der Waals surface area contributed by atoms with Gasteiger partial charge in [-0.25, -0.2) is 0 Å². The molecule has 0 saturated heterocycles. The standard InChI is InChI=1S/C12H17N5O2S/c1-7(2)17-6-5-9(16-17)10(18)13-12-15-14-11(20-12)8(3)19-4/h5-8H,1-4H3,(H,13,15,18). The van der Waals surface area contributed by atoms with Crippen LogP contribution in [-0.4, -0.2) is 33.0 Å². The topological polar surface area (TPSA) is 81.9 Å². The van der Waals surface area contributed by atoms with Crippen LogP contribution >= 0.6 is 11.3 Å². The van der Waals surface area contributed by atoms with Gasteiger partial charge in [0.2, 0.25) is 5.13 Å². The monoisotopic (exact) mass is 295 g/mol. The number of anilines is 1. The van der Waals surface area contributed by atoms with Crippen LogP contribution in [-0.2, 0) is 4.74 Å². The number of hydrogen-bond acceptors (Lipinski definition) is 6. The van der Waals surface area contributed by atoms with E-state index >= 15 is 0 Å². The molecule has 7 nitrogen and oxygen atoms in total. The Hall–Kier alpha value is -1.80. The first-order valence-electron chi connectivity index (χ1n) is 6.24. The highest BCUT2D eigenvalue weighted by Gasteiger charge is 2.15. The van der Waals surface area contributed by atoms with Crippen LogP contribution in [0.3, 0.4) is 0 Å². The van der Waals surface area contributed by atoms with E-state index < -0.39 is 0 Å².